The highest BCUT2D eigenvalue weighted by molar-refractivity contribution is 7.14. The normalized spacial score (nSPS) is 11.1. The van der Waals surface area contributed by atoms with Crippen molar-refractivity contribution < 1.29 is 14.3 Å². The third-order valence-electron chi connectivity index (χ3n) is 2.63. The SMILES string of the molecule is O=C(O)c1cc2nc(-c3sccc3Cl)[nH]c2cc1F. The van der Waals surface area contributed by atoms with Crippen LogP contribution in [0.3, 0.4) is 0 Å². The molecule has 0 spiro atoms. The van der Waals surface area contributed by atoms with Crippen molar-refractivity contribution in [3.05, 3.63) is 40.0 Å². The molecule has 3 aromatic rings. The van der Waals surface area contributed by atoms with Crippen LogP contribution in [0.2, 0.25) is 5.02 Å². The molecule has 0 radical (unpaired) electrons. The third-order valence-corrected chi connectivity index (χ3v) is 3.98. The number of halogens is 2. The van der Waals surface area contributed by atoms with Gasteiger partial charge in [-0.25, -0.2) is 14.2 Å². The van der Waals surface area contributed by atoms with Gasteiger partial charge in [-0.1, -0.05) is 11.6 Å². The molecule has 96 valence electrons. The summed E-state index contributed by atoms with van der Waals surface area (Å²) in [7, 11) is 0. The van der Waals surface area contributed by atoms with Crippen LogP contribution in [0.5, 0.6) is 0 Å². The topological polar surface area (TPSA) is 66.0 Å². The lowest BCUT2D eigenvalue weighted by atomic mass is 10.2. The number of hydrogen-bond acceptors (Lipinski definition) is 3. The molecule has 0 unspecified atom stereocenters. The third kappa shape index (κ3) is 1.98. The van der Waals surface area contributed by atoms with Gasteiger partial charge in [0.1, 0.15) is 11.6 Å². The average Bonchev–Trinajstić information content (AvgIpc) is 2.92. The first-order chi connectivity index (χ1) is 9.06. The number of carboxylic acids is 1. The smallest absolute Gasteiger partial charge is 0.338 e. The van der Waals surface area contributed by atoms with Crippen molar-refractivity contribution in [1.82, 2.24) is 9.97 Å². The van der Waals surface area contributed by atoms with Gasteiger partial charge in [-0.3, -0.25) is 0 Å². The molecule has 0 atom stereocenters. The molecule has 0 bridgehead atoms. The zero-order chi connectivity index (χ0) is 13.6. The van der Waals surface area contributed by atoms with Crippen molar-refractivity contribution in [2.75, 3.05) is 0 Å². The van der Waals surface area contributed by atoms with Crippen LogP contribution >= 0.6 is 22.9 Å². The summed E-state index contributed by atoms with van der Waals surface area (Å²) in [6.07, 6.45) is 0. The summed E-state index contributed by atoms with van der Waals surface area (Å²) in [5, 5.41) is 11.2. The highest BCUT2D eigenvalue weighted by Gasteiger charge is 2.15. The van der Waals surface area contributed by atoms with Crippen molar-refractivity contribution in [3.63, 3.8) is 0 Å². The molecule has 0 aliphatic heterocycles. The van der Waals surface area contributed by atoms with Crippen LogP contribution in [-0.4, -0.2) is 21.0 Å². The quantitative estimate of drug-likeness (QED) is 0.756. The Hall–Kier alpha value is -1.92. The number of nitrogens with zero attached hydrogens (tertiary/aromatic N) is 1. The fraction of sp³-hybridized carbons (Fsp3) is 0. The summed E-state index contributed by atoms with van der Waals surface area (Å²) in [6, 6.07) is 4.06. The van der Waals surface area contributed by atoms with Crippen LogP contribution in [0, 0.1) is 5.82 Å². The number of nitrogens with one attached hydrogen (secondary N) is 1. The summed E-state index contributed by atoms with van der Waals surface area (Å²) < 4.78 is 13.5. The molecule has 0 fully saturated rings. The van der Waals surface area contributed by atoms with Crippen molar-refractivity contribution in [1.29, 1.82) is 0 Å². The minimum absolute atomic E-state index is 0.387. The predicted molar refractivity (Wildman–Crippen MR) is 71.3 cm³/mol. The van der Waals surface area contributed by atoms with Gasteiger partial charge in [0, 0.05) is 6.07 Å². The Kier molecular flexibility index (Phi) is 2.76. The van der Waals surface area contributed by atoms with Gasteiger partial charge in [0.05, 0.1) is 26.5 Å². The van der Waals surface area contributed by atoms with Crippen LogP contribution in [0.1, 0.15) is 10.4 Å². The van der Waals surface area contributed by atoms with E-state index in [2.05, 4.69) is 9.97 Å². The van der Waals surface area contributed by atoms with Gasteiger partial charge in [0.2, 0.25) is 0 Å². The second kappa shape index (κ2) is 4.32. The number of H-pyrrole nitrogens is 1. The van der Waals surface area contributed by atoms with Crippen LogP contribution < -0.4 is 0 Å². The number of carboxylic acid groups (broad SMARTS) is 1. The van der Waals surface area contributed by atoms with Crippen molar-refractivity contribution in [3.8, 4) is 10.7 Å². The van der Waals surface area contributed by atoms with E-state index in [4.69, 9.17) is 16.7 Å². The molecule has 7 heteroatoms. The van der Waals surface area contributed by atoms with E-state index in [-0.39, 0.29) is 0 Å². The number of fused-ring (bicyclic) bond motifs is 1. The molecule has 4 nitrogen and oxygen atoms in total. The van der Waals surface area contributed by atoms with Crippen LogP contribution in [0.15, 0.2) is 23.6 Å². The summed E-state index contributed by atoms with van der Waals surface area (Å²) in [5.41, 5.74) is 0.419. The minimum atomic E-state index is -1.32. The van der Waals surface area contributed by atoms with Crippen molar-refractivity contribution in [2.45, 2.75) is 0 Å². The Bertz CT molecular complexity index is 796. The molecule has 2 heterocycles. The van der Waals surface area contributed by atoms with E-state index in [0.717, 1.165) is 10.9 Å². The lowest BCUT2D eigenvalue weighted by Gasteiger charge is -1.95. The Morgan fingerprint density at radius 2 is 2.26 bits per heavy atom. The molecule has 3 rings (SSSR count). The van der Waals surface area contributed by atoms with E-state index < -0.39 is 17.3 Å². The van der Waals surface area contributed by atoms with E-state index in [9.17, 15) is 9.18 Å². The molecule has 0 aliphatic carbocycles. The maximum Gasteiger partial charge on any atom is 0.338 e. The molecule has 0 aliphatic rings. The van der Waals surface area contributed by atoms with E-state index in [1.165, 1.54) is 17.4 Å². The second-order valence-corrected chi connectivity index (χ2v) is 5.16. The summed E-state index contributed by atoms with van der Waals surface area (Å²) in [6.45, 7) is 0. The fourth-order valence-corrected chi connectivity index (χ4v) is 2.85. The number of aromatic nitrogens is 2. The largest absolute Gasteiger partial charge is 0.478 e. The highest BCUT2D eigenvalue weighted by atomic mass is 35.5. The number of benzene rings is 1. The molecular formula is C12H6ClFN2O2S. The van der Waals surface area contributed by atoms with Crippen LogP contribution in [0.25, 0.3) is 21.7 Å². The Balaban J connectivity index is 2.21. The first-order valence-corrected chi connectivity index (χ1v) is 6.48. The molecular weight excluding hydrogens is 291 g/mol. The Labute approximate surface area is 115 Å². The number of aromatic amines is 1. The number of thiophene rings is 1. The maximum atomic E-state index is 13.5. The van der Waals surface area contributed by atoms with E-state index in [0.29, 0.717) is 21.9 Å². The number of rotatable bonds is 2. The Morgan fingerprint density at radius 1 is 1.47 bits per heavy atom. The Morgan fingerprint density at radius 3 is 2.89 bits per heavy atom. The zero-order valence-corrected chi connectivity index (χ0v) is 10.8. The molecule has 0 amide bonds. The van der Waals surface area contributed by atoms with Gasteiger partial charge in [0.25, 0.3) is 0 Å². The first-order valence-electron chi connectivity index (χ1n) is 5.22. The summed E-state index contributed by atoms with van der Waals surface area (Å²) in [5.74, 6) is -1.62. The summed E-state index contributed by atoms with van der Waals surface area (Å²) >= 11 is 7.39. The van der Waals surface area contributed by atoms with Crippen molar-refractivity contribution >= 4 is 39.9 Å². The number of hydrogen-bond donors (Lipinski definition) is 2. The molecule has 1 aromatic carbocycles. The first kappa shape index (κ1) is 12.1. The lowest BCUT2D eigenvalue weighted by Crippen LogP contribution is -1.99. The standard InChI is InChI=1S/C12H6ClFN2O2S/c13-6-1-2-19-10(6)11-15-8-3-5(12(17)18)7(14)4-9(8)16-11/h1-4H,(H,15,16)(H,17,18). The fourth-order valence-electron chi connectivity index (χ4n) is 1.76. The van der Waals surface area contributed by atoms with Gasteiger partial charge in [-0.15, -0.1) is 11.3 Å². The molecule has 2 N–H and O–H groups in total. The van der Waals surface area contributed by atoms with E-state index >= 15 is 0 Å². The zero-order valence-electron chi connectivity index (χ0n) is 9.28. The summed E-state index contributed by atoms with van der Waals surface area (Å²) in [4.78, 5) is 18.8. The van der Waals surface area contributed by atoms with Crippen molar-refractivity contribution in [2.24, 2.45) is 0 Å². The molecule has 2 aromatic heterocycles. The number of carbonyl (C=O) groups is 1. The van der Waals surface area contributed by atoms with E-state index in [1.807, 2.05) is 5.38 Å². The number of aromatic carboxylic acids is 1. The van der Waals surface area contributed by atoms with Gasteiger partial charge in [-0.05, 0) is 17.5 Å². The van der Waals surface area contributed by atoms with Gasteiger partial charge in [-0.2, -0.15) is 0 Å². The predicted octanol–water partition coefficient (Wildman–Crippen LogP) is 3.78. The second-order valence-electron chi connectivity index (χ2n) is 3.84. The molecule has 0 saturated heterocycles. The van der Waals surface area contributed by atoms with Crippen LogP contribution in [0.4, 0.5) is 4.39 Å². The van der Waals surface area contributed by atoms with Gasteiger partial charge < -0.3 is 10.1 Å². The number of imidazole rings is 1. The maximum absolute atomic E-state index is 13.5. The highest BCUT2D eigenvalue weighted by Crippen LogP contribution is 2.32. The lowest BCUT2D eigenvalue weighted by molar-refractivity contribution is 0.0692. The minimum Gasteiger partial charge on any atom is -0.478 e. The van der Waals surface area contributed by atoms with Gasteiger partial charge >= 0.3 is 5.97 Å². The van der Waals surface area contributed by atoms with E-state index in [1.54, 1.807) is 6.07 Å². The van der Waals surface area contributed by atoms with Crippen LogP contribution in [-0.2, 0) is 0 Å². The van der Waals surface area contributed by atoms with Gasteiger partial charge in [0.15, 0.2) is 0 Å². The monoisotopic (exact) mass is 296 g/mol. The molecule has 19 heavy (non-hydrogen) atoms. The molecule has 0 saturated carbocycles. The average molecular weight is 297 g/mol.